The lowest BCUT2D eigenvalue weighted by molar-refractivity contribution is -0.137. The van der Waals surface area contributed by atoms with Crippen molar-refractivity contribution in [3.8, 4) is 0 Å². The Morgan fingerprint density at radius 3 is 2.62 bits per heavy atom. The Labute approximate surface area is 92.7 Å². The summed E-state index contributed by atoms with van der Waals surface area (Å²) in [5.74, 6) is 0.527. The molecule has 1 N–H and O–H groups in total. The van der Waals surface area contributed by atoms with Gasteiger partial charge in [-0.15, -0.1) is 0 Å². The van der Waals surface area contributed by atoms with E-state index in [2.05, 4.69) is 12.2 Å². The largest absolute Gasteiger partial charge is 0.416 e. The summed E-state index contributed by atoms with van der Waals surface area (Å²) < 4.78 is 37.5. The second-order valence-electron chi connectivity index (χ2n) is 4.42. The lowest BCUT2D eigenvalue weighted by atomic mass is 9.99. The Kier molecular flexibility index (Phi) is 2.93. The van der Waals surface area contributed by atoms with Crippen LogP contribution in [0, 0.1) is 5.92 Å². The average molecular weight is 229 g/mol. The Morgan fingerprint density at radius 1 is 1.31 bits per heavy atom. The zero-order chi connectivity index (χ0) is 11.8. The summed E-state index contributed by atoms with van der Waals surface area (Å²) in [5.41, 5.74) is 0.172. The van der Waals surface area contributed by atoms with Crippen LogP contribution in [-0.4, -0.2) is 6.54 Å². The molecular weight excluding hydrogens is 215 g/mol. The summed E-state index contributed by atoms with van der Waals surface area (Å²) in [6.45, 7) is 2.97. The van der Waals surface area contributed by atoms with Crippen molar-refractivity contribution in [1.82, 2.24) is 5.32 Å². The molecule has 88 valence electrons. The fourth-order valence-corrected chi connectivity index (χ4v) is 2.10. The molecule has 2 atom stereocenters. The molecule has 0 bridgehead atoms. The van der Waals surface area contributed by atoms with Gasteiger partial charge < -0.3 is 5.32 Å². The molecule has 0 aromatic heterocycles. The second kappa shape index (κ2) is 4.09. The highest BCUT2D eigenvalue weighted by Gasteiger charge is 2.31. The molecule has 0 saturated carbocycles. The predicted molar refractivity (Wildman–Crippen MR) is 56.0 cm³/mol. The van der Waals surface area contributed by atoms with E-state index in [9.17, 15) is 13.2 Å². The molecule has 0 radical (unpaired) electrons. The highest BCUT2D eigenvalue weighted by molar-refractivity contribution is 5.28. The van der Waals surface area contributed by atoms with E-state index in [0.29, 0.717) is 5.92 Å². The van der Waals surface area contributed by atoms with Crippen molar-refractivity contribution in [2.75, 3.05) is 6.54 Å². The SMILES string of the molecule is C[C@H]1CN[C@@H](c2cccc(C(F)(F)F)c2)C1. The van der Waals surface area contributed by atoms with E-state index in [1.54, 1.807) is 6.07 Å². The van der Waals surface area contributed by atoms with E-state index in [1.807, 2.05) is 0 Å². The molecule has 0 aliphatic carbocycles. The van der Waals surface area contributed by atoms with E-state index in [1.165, 1.54) is 12.1 Å². The molecule has 1 heterocycles. The molecule has 4 heteroatoms. The number of rotatable bonds is 1. The lowest BCUT2D eigenvalue weighted by Gasteiger charge is -2.13. The first-order valence-electron chi connectivity index (χ1n) is 5.37. The van der Waals surface area contributed by atoms with Crippen LogP contribution >= 0.6 is 0 Å². The quantitative estimate of drug-likeness (QED) is 0.778. The molecule has 1 nitrogen and oxygen atoms in total. The van der Waals surface area contributed by atoms with Crippen LogP contribution in [0.1, 0.15) is 30.5 Å². The number of benzene rings is 1. The van der Waals surface area contributed by atoms with Crippen LogP contribution in [0.3, 0.4) is 0 Å². The zero-order valence-electron chi connectivity index (χ0n) is 9.01. The maximum atomic E-state index is 12.5. The van der Waals surface area contributed by atoms with Gasteiger partial charge in [0, 0.05) is 6.04 Å². The van der Waals surface area contributed by atoms with Gasteiger partial charge in [-0.1, -0.05) is 19.1 Å². The predicted octanol–water partition coefficient (Wildman–Crippen LogP) is 3.38. The Hall–Kier alpha value is -1.03. The normalized spacial score (nSPS) is 26.0. The maximum Gasteiger partial charge on any atom is 0.416 e. The minimum Gasteiger partial charge on any atom is -0.310 e. The lowest BCUT2D eigenvalue weighted by Crippen LogP contribution is -2.14. The van der Waals surface area contributed by atoms with Crippen LogP contribution in [0.25, 0.3) is 0 Å². The summed E-state index contributed by atoms with van der Waals surface area (Å²) in [6, 6.07) is 5.66. The maximum absolute atomic E-state index is 12.5. The van der Waals surface area contributed by atoms with E-state index < -0.39 is 11.7 Å². The van der Waals surface area contributed by atoms with Crippen LogP contribution in [0.2, 0.25) is 0 Å². The van der Waals surface area contributed by atoms with Crippen LogP contribution in [0.4, 0.5) is 13.2 Å². The van der Waals surface area contributed by atoms with E-state index in [-0.39, 0.29) is 6.04 Å². The molecule has 1 aromatic rings. The van der Waals surface area contributed by atoms with Gasteiger partial charge in [-0.05, 0) is 36.6 Å². The van der Waals surface area contributed by atoms with Gasteiger partial charge in [0.05, 0.1) is 5.56 Å². The molecule has 1 aliphatic heterocycles. The Balaban J connectivity index is 2.23. The van der Waals surface area contributed by atoms with Gasteiger partial charge in [-0.2, -0.15) is 13.2 Å². The molecule has 16 heavy (non-hydrogen) atoms. The molecule has 1 saturated heterocycles. The summed E-state index contributed by atoms with van der Waals surface area (Å²) in [5, 5.41) is 3.23. The van der Waals surface area contributed by atoms with Gasteiger partial charge in [0.2, 0.25) is 0 Å². The van der Waals surface area contributed by atoms with Crippen LogP contribution < -0.4 is 5.32 Å². The minimum absolute atomic E-state index is 0.0669. The average Bonchev–Trinajstić information content (AvgIpc) is 2.64. The minimum atomic E-state index is -4.25. The van der Waals surface area contributed by atoms with E-state index in [0.717, 1.165) is 24.6 Å². The topological polar surface area (TPSA) is 12.0 Å². The number of hydrogen-bond acceptors (Lipinski definition) is 1. The molecule has 2 rings (SSSR count). The Bertz CT molecular complexity index is 373. The van der Waals surface area contributed by atoms with Crippen LogP contribution in [-0.2, 0) is 6.18 Å². The van der Waals surface area contributed by atoms with Gasteiger partial charge in [0.25, 0.3) is 0 Å². The summed E-state index contributed by atoms with van der Waals surface area (Å²) >= 11 is 0. The van der Waals surface area contributed by atoms with Gasteiger partial charge >= 0.3 is 6.18 Å². The smallest absolute Gasteiger partial charge is 0.310 e. The van der Waals surface area contributed by atoms with Crippen molar-refractivity contribution in [1.29, 1.82) is 0 Å². The first-order chi connectivity index (χ1) is 7.47. The van der Waals surface area contributed by atoms with Crippen molar-refractivity contribution < 1.29 is 13.2 Å². The van der Waals surface area contributed by atoms with Crippen molar-refractivity contribution in [3.63, 3.8) is 0 Å². The van der Waals surface area contributed by atoms with E-state index >= 15 is 0 Å². The number of nitrogens with one attached hydrogen (secondary N) is 1. The van der Waals surface area contributed by atoms with Crippen molar-refractivity contribution >= 4 is 0 Å². The molecule has 1 aromatic carbocycles. The monoisotopic (exact) mass is 229 g/mol. The van der Waals surface area contributed by atoms with Gasteiger partial charge in [0.15, 0.2) is 0 Å². The third-order valence-corrected chi connectivity index (χ3v) is 2.97. The van der Waals surface area contributed by atoms with E-state index in [4.69, 9.17) is 0 Å². The fourth-order valence-electron chi connectivity index (χ4n) is 2.10. The fraction of sp³-hybridized carbons (Fsp3) is 0.500. The summed E-state index contributed by atoms with van der Waals surface area (Å²) in [7, 11) is 0. The van der Waals surface area contributed by atoms with Crippen molar-refractivity contribution in [2.24, 2.45) is 5.92 Å². The van der Waals surface area contributed by atoms with Crippen LogP contribution in [0.5, 0.6) is 0 Å². The molecular formula is C12H14F3N. The molecule has 0 unspecified atom stereocenters. The zero-order valence-corrected chi connectivity index (χ0v) is 9.01. The second-order valence-corrected chi connectivity index (χ2v) is 4.42. The summed E-state index contributed by atoms with van der Waals surface area (Å²) in [6.07, 6.45) is -3.35. The van der Waals surface area contributed by atoms with Crippen molar-refractivity contribution in [2.45, 2.75) is 25.6 Å². The van der Waals surface area contributed by atoms with Gasteiger partial charge in [0.1, 0.15) is 0 Å². The van der Waals surface area contributed by atoms with Gasteiger partial charge in [-0.3, -0.25) is 0 Å². The molecule has 0 spiro atoms. The number of halogens is 3. The third kappa shape index (κ3) is 2.38. The highest BCUT2D eigenvalue weighted by Crippen LogP contribution is 2.33. The number of hydrogen-bond donors (Lipinski definition) is 1. The first-order valence-corrected chi connectivity index (χ1v) is 5.37. The molecule has 1 fully saturated rings. The summed E-state index contributed by atoms with van der Waals surface area (Å²) in [4.78, 5) is 0. The third-order valence-electron chi connectivity index (χ3n) is 2.97. The first kappa shape index (κ1) is 11.5. The molecule has 1 aliphatic rings. The van der Waals surface area contributed by atoms with Gasteiger partial charge in [-0.25, -0.2) is 0 Å². The Morgan fingerprint density at radius 2 is 2.06 bits per heavy atom. The molecule has 0 amide bonds. The van der Waals surface area contributed by atoms with Crippen LogP contribution in [0.15, 0.2) is 24.3 Å². The standard InChI is InChI=1S/C12H14F3N/c1-8-5-11(16-7-8)9-3-2-4-10(6-9)12(13,14)15/h2-4,6,8,11,16H,5,7H2,1H3/t8-,11-/m1/s1. The van der Waals surface area contributed by atoms with Crippen molar-refractivity contribution in [3.05, 3.63) is 35.4 Å². The highest BCUT2D eigenvalue weighted by atomic mass is 19.4. The number of alkyl halides is 3.